The fourth-order valence-corrected chi connectivity index (χ4v) is 4.05. The molecule has 9 heteroatoms. The summed E-state index contributed by atoms with van der Waals surface area (Å²) in [5.41, 5.74) is 7.13. The fraction of sp³-hybridized carbons (Fsp3) is 0.435. The van der Waals surface area contributed by atoms with Crippen molar-refractivity contribution in [2.24, 2.45) is 0 Å². The van der Waals surface area contributed by atoms with Crippen LogP contribution in [-0.4, -0.2) is 67.6 Å². The number of nitrogens with one attached hydrogen (secondary N) is 1. The van der Waals surface area contributed by atoms with E-state index in [1.54, 1.807) is 37.7 Å². The molecule has 32 heavy (non-hydrogen) atoms. The second-order valence-corrected chi connectivity index (χ2v) is 8.19. The number of methoxy groups -OCH3 is 2. The number of rotatable bonds is 9. The zero-order valence-corrected chi connectivity index (χ0v) is 19.1. The summed E-state index contributed by atoms with van der Waals surface area (Å²) >= 11 is 6.10. The number of amides is 1. The number of nitrogens with zero attached hydrogens (tertiary/aromatic N) is 2. The average Bonchev–Trinajstić information content (AvgIpc) is 2.81. The molecule has 1 saturated heterocycles. The number of ether oxygens (including phenoxy) is 2. The molecular formula is C23H29ClN4O4. The minimum absolute atomic E-state index is 0.0969. The number of piperidine rings is 1. The molecule has 1 aromatic heterocycles. The Hall–Kier alpha value is -2.68. The van der Waals surface area contributed by atoms with Crippen LogP contribution in [0.1, 0.15) is 40.0 Å². The Bertz CT molecular complexity index is 941. The van der Waals surface area contributed by atoms with Gasteiger partial charge in [-0.2, -0.15) is 0 Å². The zero-order chi connectivity index (χ0) is 23.1. The lowest BCUT2D eigenvalue weighted by molar-refractivity contribution is 0.00605. The number of anilines is 1. The number of ketones is 1. The highest BCUT2D eigenvalue weighted by atomic mass is 35.5. The van der Waals surface area contributed by atoms with Gasteiger partial charge in [0.2, 0.25) is 0 Å². The van der Waals surface area contributed by atoms with Crippen LogP contribution in [0.2, 0.25) is 5.02 Å². The van der Waals surface area contributed by atoms with Crippen molar-refractivity contribution in [3.63, 3.8) is 0 Å². The third kappa shape index (κ3) is 5.97. The van der Waals surface area contributed by atoms with Crippen LogP contribution >= 0.6 is 11.6 Å². The van der Waals surface area contributed by atoms with Crippen molar-refractivity contribution in [1.82, 2.24) is 15.2 Å². The lowest BCUT2D eigenvalue weighted by atomic mass is 10.00. The van der Waals surface area contributed by atoms with Crippen LogP contribution in [-0.2, 0) is 4.74 Å². The van der Waals surface area contributed by atoms with Gasteiger partial charge in [-0.05, 0) is 37.6 Å². The number of carbonyl (C=O) groups excluding carboxylic acids is 2. The van der Waals surface area contributed by atoms with Crippen molar-refractivity contribution in [1.29, 1.82) is 0 Å². The van der Waals surface area contributed by atoms with E-state index in [0.717, 1.165) is 25.9 Å². The number of nitrogens with two attached hydrogens (primary N) is 1. The predicted octanol–water partition coefficient (Wildman–Crippen LogP) is 2.81. The van der Waals surface area contributed by atoms with Gasteiger partial charge in [0.1, 0.15) is 5.75 Å². The van der Waals surface area contributed by atoms with Crippen LogP contribution < -0.4 is 15.8 Å². The number of pyridine rings is 1. The standard InChI is InChI=1S/C23H29ClN4O4/c1-31-21-12-18(25)17(24)11-16(21)23(30)27-19-7-10-28(14-22(19)32-2)9-4-6-20(29)15-5-3-8-26-13-15/h3,5,8,11-13,19,22H,4,6-7,9-10,14,25H2,1-2H3,(H,27,30). The molecule has 2 aromatic rings. The minimum atomic E-state index is -0.286. The van der Waals surface area contributed by atoms with Gasteiger partial charge in [0.25, 0.3) is 5.91 Å². The van der Waals surface area contributed by atoms with Crippen molar-refractivity contribution in [2.75, 3.05) is 39.6 Å². The second kappa shape index (κ2) is 11.3. The van der Waals surface area contributed by atoms with E-state index in [2.05, 4.69) is 15.2 Å². The lowest BCUT2D eigenvalue weighted by Crippen LogP contribution is -2.54. The highest BCUT2D eigenvalue weighted by Crippen LogP contribution is 2.29. The van der Waals surface area contributed by atoms with Gasteiger partial charge in [-0.1, -0.05) is 11.6 Å². The summed E-state index contributed by atoms with van der Waals surface area (Å²) in [5.74, 6) is 0.181. The third-order valence-corrected chi connectivity index (χ3v) is 6.01. The molecule has 2 heterocycles. The van der Waals surface area contributed by atoms with Crippen LogP contribution in [0.4, 0.5) is 5.69 Å². The minimum Gasteiger partial charge on any atom is -0.496 e. The van der Waals surface area contributed by atoms with E-state index in [1.807, 2.05) is 0 Å². The van der Waals surface area contributed by atoms with Gasteiger partial charge in [0.05, 0.1) is 35.5 Å². The summed E-state index contributed by atoms with van der Waals surface area (Å²) in [6, 6.07) is 6.46. The number of hydrogen-bond donors (Lipinski definition) is 2. The van der Waals surface area contributed by atoms with Gasteiger partial charge in [-0.3, -0.25) is 14.6 Å². The van der Waals surface area contributed by atoms with E-state index in [0.29, 0.717) is 40.6 Å². The Morgan fingerprint density at radius 1 is 1.34 bits per heavy atom. The molecule has 0 radical (unpaired) electrons. The molecule has 172 valence electrons. The molecule has 1 aromatic carbocycles. The first-order valence-corrected chi connectivity index (χ1v) is 10.9. The molecule has 1 aliphatic heterocycles. The molecular weight excluding hydrogens is 432 g/mol. The fourth-order valence-electron chi connectivity index (χ4n) is 3.88. The molecule has 1 amide bonds. The number of Topliss-reactive ketones (excluding diaryl/α,β-unsaturated/α-hetero) is 1. The summed E-state index contributed by atoms with van der Waals surface area (Å²) in [5, 5.41) is 3.34. The quantitative estimate of drug-likeness (QED) is 0.437. The van der Waals surface area contributed by atoms with Crippen LogP contribution in [0.15, 0.2) is 36.7 Å². The number of carbonyl (C=O) groups is 2. The number of hydrogen-bond acceptors (Lipinski definition) is 7. The summed E-state index contributed by atoms with van der Waals surface area (Å²) < 4.78 is 10.9. The molecule has 1 fully saturated rings. The van der Waals surface area contributed by atoms with Crippen LogP contribution in [0, 0.1) is 0 Å². The van der Waals surface area contributed by atoms with Crippen LogP contribution in [0.5, 0.6) is 5.75 Å². The Morgan fingerprint density at radius 3 is 2.84 bits per heavy atom. The van der Waals surface area contributed by atoms with Crippen LogP contribution in [0.3, 0.4) is 0 Å². The molecule has 0 aliphatic carbocycles. The summed E-state index contributed by atoms with van der Waals surface area (Å²) in [6.07, 6.45) is 5.03. The maximum atomic E-state index is 12.9. The van der Waals surface area contributed by atoms with Crippen molar-refractivity contribution in [3.05, 3.63) is 52.8 Å². The molecule has 0 saturated carbocycles. The Kier molecular flexibility index (Phi) is 8.44. The largest absolute Gasteiger partial charge is 0.496 e. The van der Waals surface area contributed by atoms with Gasteiger partial charge in [-0.15, -0.1) is 0 Å². The molecule has 3 N–H and O–H groups in total. The first-order chi connectivity index (χ1) is 15.4. The monoisotopic (exact) mass is 460 g/mol. The first-order valence-electron chi connectivity index (χ1n) is 10.5. The van der Waals surface area contributed by atoms with Crippen molar-refractivity contribution >= 4 is 29.0 Å². The van der Waals surface area contributed by atoms with E-state index in [-0.39, 0.29) is 23.8 Å². The highest BCUT2D eigenvalue weighted by Gasteiger charge is 2.31. The molecule has 2 unspecified atom stereocenters. The average molecular weight is 461 g/mol. The molecule has 3 rings (SSSR count). The summed E-state index contributed by atoms with van der Waals surface area (Å²) in [7, 11) is 3.12. The van der Waals surface area contributed by atoms with E-state index in [1.165, 1.54) is 13.2 Å². The number of benzene rings is 1. The molecule has 1 aliphatic rings. The Balaban J connectivity index is 1.53. The maximum Gasteiger partial charge on any atom is 0.255 e. The normalized spacial score (nSPS) is 18.8. The molecule has 2 atom stereocenters. The summed E-state index contributed by atoms with van der Waals surface area (Å²) in [6.45, 7) is 2.25. The third-order valence-electron chi connectivity index (χ3n) is 5.69. The number of likely N-dealkylation sites (tertiary alicyclic amines) is 1. The van der Waals surface area contributed by atoms with Crippen molar-refractivity contribution in [3.8, 4) is 5.75 Å². The van der Waals surface area contributed by atoms with E-state index < -0.39 is 0 Å². The molecule has 0 bridgehead atoms. The number of nitrogen functional groups attached to an aromatic ring is 1. The van der Waals surface area contributed by atoms with Gasteiger partial charge in [0.15, 0.2) is 5.78 Å². The van der Waals surface area contributed by atoms with Gasteiger partial charge in [0, 0.05) is 50.6 Å². The number of aromatic nitrogens is 1. The van der Waals surface area contributed by atoms with E-state index >= 15 is 0 Å². The van der Waals surface area contributed by atoms with Crippen molar-refractivity contribution < 1.29 is 19.1 Å². The highest BCUT2D eigenvalue weighted by molar-refractivity contribution is 6.33. The van der Waals surface area contributed by atoms with Crippen LogP contribution in [0.25, 0.3) is 0 Å². The lowest BCUT2D eigenvalue weighted by Gasteiger charge is -2.38. The SMILES string of the molecule is COc1cc(N)c(Cl)cc1C(=O)NC1CCN(CCCC(=O)c2cccnc2)CC1OC. The van der Waals surface area contributed by atoms with Gasteiger partial charge < -0.3 is 25.4 Å². The first kappa shape index (κ1) is 24.0. The van der Waals surface area contributed by atoms with Gasteiger partial charge >= 0.3 is 0 Å². The Morgan fingerprint density at radius 2 is 2.16 bits per heavy atom. The Labute approximate surface area is 193 Å². The van der Waals surface area contributed by atoms with Crippen molar-refractivity contribution in [2.45, 2.75) is 31.4 Å². The van der Waals surface area contributed by atoms with Gasteiger partial charge in [-0.25, -0.2) is 0 Å². The topological polar surface area (TPSA) is 107 Å². The predicted molar refractivity (Wildman–Crippen MR) is 123 cm³/mol. The second-order valence-electron chi connectivity index (χ2n) is 7.79. The van der Waals surface area contributed by atoms with E-state index in [9.17, 15) is 9.59 Å². The maximum absolute atomic E-state index is 12.9. The zero-order valence-electron chi connectivity index (χ0n) is 18.3. The smallest absolute Gasteiger partial charge is 0.255 e. The number of halogens is 1. The molecule has 8 nitrogen and oxygen atoms in total. The summed E-state index contributed by atoms with van der Waals surface area (Å²) in [4.78, 5) is 31.4. The van der Waals surface area contributed by atoms with E-state index in [4.69, 9.17) is 26.8 Å². The molecule has 0 spiro atoms.